The van der Waals surface area contributed by atoms with Crippen molar-refractivity contribution in [1.29, 1.82) is 0 Å². The second-order valence-corrected chi connectivity index (χ2v) is 13.7. The predicted octanol–water partition coefficient (Wildman–Crippen LogP) is 6.20. The molecule has 9 nitrogen and oxygen atoms in total. The largest absolute Gasteiger partial charge is 0.472 e. The fraction of sp³-hybridized carbons (Fsp3) is 0.581. The van der Waals surface area contributed by atoms with Crippen LogP contribution in [0.1, 0.15) is 50.7 Å². The Kier molecular flexibility index (Phi) is 7.85. The van der Waals surface area contributed by atoms with Gasteiger partial charge in [-0.05, 0) is 51.3 Å². The van der Waals surface area contributed by atoms with E-state index < -0.39 is 35.1 Å². The molecule has 0 unspecified atom stereocenters. The van der Waals surface area contributed by atoms with Crippen molar-refractivity contribution in [3.05, 3.63) is 27.2 Å². The molecule has 46 heavy (non-hydrogen) atoms. The molecule has 3 N–H and O–H groups in total. The molecule has 3 saturated heterocycles. The van der Waals surface area contributed by atoms with Gasteiger partial charge >= 0.3 is 12.2 Å². The highest BCUT2D eigenvalue weighted by Gasteiger charge is 2.50. The van der Waals surface area contributed by atoms with E-state index in [1.54, 1.807) is 0 Å². The van der Waals surface area contributed by atoms with Crippen LogP contribution in [0.3, 0.4) is 0 Å². The van der Waals surface area contributed by atoms with Gasteiger partial charge < -0.3 is 25.4 Å². The molecule has 2 aromatic heterocycles. The molecule has 0 saturated carbocycles. The SMILES string of the molecule is CC[C@@H]1CN2c3nc(OC[C@@]45CCCN4C[C@H](F)C5)nc4c(Cl)c(-c5c(Cl)c(N)cc(C)c5C(F)(F)F)nc(c34)O[C@@H](C)[C@@H]2CN1. The second-order valence-electron chi connectivity index (χ2n) is 12.9. The van der Waals surface area contributed by atoms with Crippen LogP contribution >= 0.6 is 23.2 Å². The van der Waals surface area contributed by atoms with Gasteiger partial charge in [-0.2, -0.15) is 23.1 Å². The van der Waals surface area contributed by atoms with Crippen LogP contribution in [0.4, 0.5) is 29.1 Å². The van der Waals surface area contributed by atoms with Crippen LogP contribution in [-0.2, 0) is 6.18 Å². The van der Waals surface area contributed by atoms with Crippen molar-refractivity contribution in [2.45, 2.75) is 82.5 Å². The van der Waals surface area contributed by atoms with Gasteiger partial charge in [-0.25, -0.2) is 9.37 Å². The van der Waals surface area contributed by atoms with Gasteiger partial charge in [0.2, 0.25) is 5.88 Å². The van der Waals surface area contributed by atoms with E-state index in [-0.39, 0.29) is 63.1 Å². The summed E-state index contributed by atoms with van der Waals surface area (Å²) < 4.78 is 70.9. The minimum atomic E-state index is -4.80. The minimum absolute atomic E-state index is 0.0122. The Morgan fingerprint density at radius 1 is 1.20 bits per heavy atom. The van der Waals surface area contributed by atoms with E-state index in [0.29, 0.717) is 37.3 Å². The van der Waals surface area contributed by atoms with Crippen molar-refractivity contribution < 1.29 is 27.0 Å². The minimum Gasteiger partial charge on any atom is -0.472 e. The Labute approximate surface area is 273 Å². The lowest BCUT2D eigenvalue weighted by molar-refractivity contribution is -0.137. The van der Waals surface area contributed by atoms with E-state index in [4.69, 9.17) is 43.4 Å². The van der Waals surface area contributed by atoms with E-state index in [9.17, 15) is 17.6 Å². The van der Waals surface area contributed by atoms with Gasteiger partial charge in [0, 0.05) is 37.7 Å². The molecular weight excluding hydrogens is 649 g/mol. The van der Waals surface area contributed by atoms with Gasteiger partial charge in [0.15, 0.2) is 0 Å². The molecule has 0 amide bonds. The number of nitrogen functional groups attached to an aromatic ring is 1. The molecule has 3 fully saturated rings. The number of hydrogen-bond acceptors (Lipinski definition) is 9. The maximum absolute atomic E-state index is 14.6. The van der Waals surface area contributed by atoms with E-state index in [0.717, 1.165) is 25.8 Å². The summed E-state index contributed by atoms with van der Waals surface area (Å²) in [6.07, 6.45) is -3.27. The number of rotatable bonds is 5. The molecule has 0 radical (unpaired) electrons. The number of hydrogen-bond donors (Lipinski definition) is 2. The lowest BCUT2D eigenvalue weighted by Crippen LogP contribution is -2.60. The van der Waals surface area contributed by atoms with E-state index in [1.807, 2.05) is 6.92 Å². The standard InChI is InChI=1S/C31H35Cl2F4N7O2/c1-4-17-12-44-19(10-39-17)15(3)46-28-21-26(24(33)25(40-28)20-22(31(35,36)37)14(2)8-18(38)23(20)32)41-29(42-27(21)44)45-13-30-6-5-7-43(30)11-16(34)9-30/h8,15-17,19,39H,4-7,9-13,38H2,1-3H3/t15-,16+,17+,19-,30-/m0/s1. The third-order valence-corrected chi connectivity index (χ3v) is 10.8. The number of fused-ring (bicyclic) bond motifs is 3. The summed E-state index contributed by atoms with van der Waals surface area (Å²) in [4.78, 5) is 18.4. The lowest BCUT2D eigenvalue weighted by atomic mass is 9.95. The molecule has 0 spiro atoms. The van der Waals surface area contributed by atoms with Crippen LogP contribution in [0.25, 0.3) is 22.2 Å². The zero-order chi connectivity index (χ0) is 32.7. The summed E-state index contributed by atoms with van der Waals surface area (Å²) in [6, 6.07) is 1.12. The van der Waals surface area contributed by atoms with Crippen molar-refractivity contribution in [2.75, 3.05) is 43.4 Å². The number of aromatic nitrogens is 3. The van der Waals surface area contributed by atoms with Crippen molar-refractivity contribution >= 4 is 45.6 Å². The zero-order valence-electron chi connectivity index (χ0n) is 25.6. The van der Waals surface area contributed by atoms with Gasteiger partial charge in [0.05, 0.1) is 38.6 Å². The molecule has 15 heteroatoms. The highest BCUT2D eigenvalue weighted by Crippen LogP contribution is 2.50. The van der Waals surface area contributed by atoms with E-state index >= 15 is 0 Å². The maximum Gasteiger partial charge on any atom is 0.417 e. The molecule has 4 aliphatic rings. The average molecular weight is 685 g/mol. The number of ether oxygens (including phenoxy) is 2. The van der Waals surface area contributed by atoms with E-state index in [1.165, 1.54) is 13.0 Å². The molecule has 1 aromatic carbocycles. The van der Waals surface area contributed by atoms with Gasteiger partial charge in [-0.15, -0.1) is 0 Å². The van der Waals surface area contributed by atoms with Crippen molar-refractivity contribution in [3.8, 4) is 23.1 Å². The lowest BCUT2D eigenvalue weighted by Gasteiger charge is -2.42. The van der Waals surface area contributed by atoms with E-state index in [2.05, 4.69) is 32.0 Å². The molecule has 248 valence electrons. The highest BCUT2D eigenvalue weighted by atomic mass is 35.5. The number of nitrogens with two attached hydrogens (primary N) is 1. The van der Waals surface area contributed by atoms with Crippen LogP contribution in [0.15, 0.2) is 6.07 Å². The Morgan fingerprint density at radius 2 is 1.98 bits per heavy atom. The predicted molar refractivity (Wildman–Crippen MR) is 169 cm³/mol. The first-order chi connectivity index (χ1) is 21.8. The first-order valence-corrected chi connectivity index (χ1v) is 16.3. The van der Waals surface area contributed by atoms with Crippen LogP contribution in [0, 0.1) is 6.92 Å². The average Bonchev–Trinajstić information content (AvgIpc) is 3.49. The topological polar surface area (TPSA) is 102 Å². The molecule has 7 rings (SSSR count). The van der Waals surface area contributed by atoms with Crippen LogP contribution in [0.5, 0.6) is 11.9 Å². The molecule has 6 heterocycles. The fourth-order valence-corrected chi connectivity index (χ4v) is 8.22. The van der Waals surface area contributed by atoms with Crippen molar-refractivity contribution in [3.63, 3.8) is 0 Å². The third-order valence-electron chi connectivity index (χ3n) is 9.99. The number of alkyl halides is 4. The number of nitrogens with zero attached hydrogens (tertiary/aromatic N) is 5. The van der Waals surface area contributed by atoms with Crippen LogP contribution in [-0.4, -0.2) is 82.5 Å². The maximum atomic E-state index is 14.6. The van der Waals surface area contributed by atoms with Gasteiger partial charge in [-0.1, -0.05) is 30.1 Å². The van der Waals surface area contributed by atoms with Gasteiger partial charge in [0.25, 0.3) is 0 Å². The molecule has 0 aliphatic carbocycles. The Hall–Kier alpha value is -2.87. The number of piperazine rings is 1. The number of benzene rings is 1. The fourth-order valence-electron chi connectivity index (χ4n) is 7.71. The first kappa shape index (κ1) is 31.7. The van der Waals surface area contributed by atoms with Crippen LogP contribution < -0.4 is 25.4 Å². The quantitative estimate of drug-likeness (QED) is 0.240. The van der Waals surface area contributed by atoms with Crippen molar-refractivity contribution in [1.82, 2.24) is 25.2 Å². The number of nitrogens with one attached hydrogen (secondary N) is 1. The molecule has 0 bridgehead atoms. The molecular formula is C31H35Cl2F4N7O2. The highest BCUT2D eigenvalue weighted by molar-refractivity contribution is 6.40. The summed E-state index contributed by atoms with van der Waals surface area (Å²) in [6.45, 7) is 7.73. The first-order valence-electron chi connectivity index (χ1n) is 15.6. The summed E-state index contributed by atoms with van der Waals surface area (Å²) in [5.41, 5.74) is 3.81. The Bertz CT molecular complexity index is 1710. The second kappa shape index (κ2) is 11.4. The van der Waals surface area contributed by atoms with Gasteiger partial charge in [0.1, 0.15) is 35.6 Å². The summed E-state index contributed by atoms with van der Waals surface area (Å²) in [7, 11) is 0. The molecule has 3 aromatic rings. The summed E-state index contributed by atoms with van der Waals surface area (Å²) in [5.74, 6) is 0.499. The normalized spacial score (nSPS) is 27.8. The Morgan fingerprint density at radius 3 is 2.72 bits per heavy atom. The smallest absolute Gasteiger partial charge is 0.417 e. The number of pyridine rings is 1. The third kappa shape index (κ3) is 5.09. The summed E-state index contributed by atoms with van der Waals surface area (Å²) >= 11 is 13.5. The number of anilines is 2. The monoisotopic (exact) mass is 683 g/mol. The molecule has 5 atom stereocenters. The zero-order valence-corrected chi connectivity index (χ0v) is 27.2. The van der Waals surface area contributed by atoms with Crippen molar-refractivity contribution in [2.24, 2.45) is 0 Å². The van der Waals surface area contributed by atoms with Gasteiger partial charge in [-0.3, -0.25) is 4.90 Å². The Balaban J connectivity index is 1.45. The van der Waals surface area contributed by atoms with Crippen LogP contribution in [0.2, 0.25) is 10.0 Å². The summed E-state index contributed by atoms with van der Waals surface area (Å²) in [5, 5.41) is 3.40. The number of halogens is 6. The molecule has 4 aliphatic heterocycles. The number of aryl methyl sites for hydroxylation is 1.